The molecule has 1 fully saturated rings. The number of rotatable bonds is 3. The molecule has 2 aromatic rings. The Balaban J connectivity index is 1.59. The number of hydrogen-bond acceptors (Lipinski definition) is 5. The third kappa shape index (κ3) is 2.88. The minimum atomic E-state index is -0.469. The summed E-state index contributed by atoms with van der Waals surface area (Å²) in [6, 6.07) is 11.7. The van der Waals surface area contributed by atoms with Crippen LogP contribution in [-0.4, -0.2) is 58.6 Å². The summed E-state index contributed by atoms with van der Waals surface area (Å²) in [4.78, 5) is 20.9. The van der Waals surface area contributed by atoms with Crippen LogP contribution in [0.1, 0.15) is 47.3 Å². The summed E-state index contributed by atoms with van der Waals surface area (Å²) in [5.41, 5.74) is 8.47. The van der Waals surface area contributed by atoms with E-state index in [2.05, 4.69) is 42.1 Å². The molecule has 0 bridgehead atoms. The van der Waals surface area contributed by atoms with Crippen LogP contribution in [0.4, 0.5) is 5.82 Å². The third-order valence-electron chi connectivity index (χ3n) is 6.63. The Morgan fingerprint density at radius 1 is 1.32 bits per heavy atom. The van der Waals surface area contributed by atoms with Crippen molar-refractivity contribution in [2.75, 3.05) is 32.4 Å². The molecule has 2 heterocycles. The van der Waals surface area contributed by atoms with Crippen LogP contribution in [0, 0.1) is 0 Å². The number of carbonyl (C=O) groups excluding carboxylic acids is 1. The van der Waals surface area contributed by atoms with Crippen LogP contribution in [0.2, 0.25) is 0 Å². The molecule has 1 aromatic heterocycles. The van der Waals surface area contributed by atoms with Crippen LogP contribution in [-0.2, 0) is 5.41 Å². The number of anilines is 1. The molecule has 148 valence electrons. The summed E-state index contributed by atoms with van der Waals surface area (Å²) in [5, 5.41) is 11.4. The van der Waals surface area contributed by atoms with Gasteiger partial charge in [-0.1, -0.05) is 31.2 Å². The average molecular weight is 380 g/mol. The Morgan fingerprint density at radius 3 is 2.71 bits per heavy atom. The molecule has 0 saturated carbocycles. The van der Waals surface area contributed by atoms with E-state index in [1.807, 2.05) is 11.0 Å². The van der Waals surface area contributed by atoms with Gasteiger partial charge in [-0.05, 0) is 49.7 Å². The molecule has 1 aromatic carbocycles. The zero-order valence-corrected chi connectivity index (χ0v) is 16.5. The summed E-state index contributed by atoms with van der Waals surface area (Å²) >= 11 is 0. The van der Waals surface area contributed by atoms with Crippen molar-refractivity contribution >= 4 is 11.7 Å². The smallest absolute Gasteiger partial charge is 0.254 e. The third-order valence-corrected chi connectivity index (χ3v) is 6.63. The van der Waals surface area contributed by atoms with E-state index in [1.54, 1.807) is 18.3 Å². The minimum absolute atomic E-state index is 0.00319. The molecule has 2 atom stereocenters. The second-order valence-electron chi connectivity index (χ2n) is 7.97. The van der Waals surface area contributed by atoms with Gasteiger partial charge in [0.1, 0.15) is 5.82 Å². The van der Waals surface area contributed by atoms with Gasteiger partial charge < -0.3 is 15.7 Å². The number of fused-ring (bicyclic) bond motifs is 2. The van der Waals surface area contributed by atoms with Crippen molar-refractivity contribution < 1.29 is 9.90 Å². The van der Waals surface area contributed by atoms with E-state index in [-0.39, 0.29) is 17.4 Å². The molecule has 6 nitrogen and oxygen atoms in total. The Morgan fingerprint density at radius 2 is 2.04 bits per heavy atom. The lowest BCUT2D eigenvalue weighted by Crippen LogP contribution is -2.50. The van der Waals surface area contributed by atoms with Gasteiger partial charge in [-0.2, -0.15) is 0 Å². The van der Waals surface area contributed by atoms with E-state index in [4.69, 9.17) is 5.73 Å². The van der Waals surface area contributed by atoms with E-state index in [1.165, 1.54) is 11.1 Å². The molecule has 2 aliphatic rings. The predicted octanol–water partition coefficient (Wildman–Crippen LogP) is 2.21. The number of aliphatic hydroxyl groups is 1. The fourth-order valence-electron chi connectivity index (χ4n) is 4.95. The number of nitrogens with two attached hydrogens (primary N) is 1. The van der Waals surface area contributed by atoms with Gasteiger partial charge in [-0.3, -0.25) is 9.69 Å². The van der Waals surface area contributed by atoms with Crippen molar-refractivity contribution in [2.24, 2.45) is 0 Å². The number of pyridine rings is 1. The van der Waals surface area contributed by atoms with E-state index >= 15 is 0 Å². The molecule has 1 aliphatic heterocycles. The van der Waals surface area contributed by atoms with Crippen molar-refractivity contribution in [3.8, 4) is 0 Å². The highest BCUT2D eigenvalue weighted by Crippen LogP contribution is 2.52. The first-order valence-corrected chi connectivity index (χ1v) is 9.96. The van der Waals surface area contributed by atoms with Gasteiger partial charge in [-0.25, -0.2) is 4.98 Å². The summed E-state index contributed by atoms with van der Waals surface area (Å²) in [7, 11) is 2.07. The van der Waals surface area contributed by atoms with Gasteiger partial charge in [0.05, 0.1) is 12.1 Å². The van der Waals surface area contributed by atoms with Crippen LogP contribution in [0.15, 0.2) is 42.6 Å². The first-order chi connectivity index (χ1) is 13.5. The summed E-state index contributed by atoms with van der Waals surface area (Å²) in [6.07, 6.45) is 2.61. The van der Waals surface area contributed by atoms with Crippen LogP contribution in [0.3, 0.4) is 0 Å². The van der Waals surface area contributed by atoms with Crippen LogP contribution >= 0.6 is 0 Å². The van der Waals surface area contributed by atoms with Gasteiger partial charge in [0, 0.05) is 30.3 Å². The molecule has 0 radical (unpaired) electrons. The molecule has 1 spiro atoms. The maximum Gasteiger partial charge on any atom is 0.254 e. The van der Waals surface area contributed by atoms with Crippen LogP contribution in [0.5, 0.6) is 0 Å². The van der Waals surface area contributed by atoms with E-state index in [9.17, 15) is 9.90 Å². The number of aromatic nitrogens is 1. The Bertz CT molecular complexity index is 876. The number of hydrogen-bond donors (Lipinski definition) is 2. The molecule has 4 rings (SSSR count). The number of likely N-dealkylation sites (N-methyl/N-ethyl adjacent to an activating group) is 1. The number of amides is 1. The van der Waals surface area contributed by atoms with E-state index in [0.717, 1.165) is 19.4 Å². The molecule has 6 heteroatoms. The fourth-order valence-corrected chi connectivity index (χ4v) is 4.95. The zero-order valence-electron chi connectivity index (χ0n) is 16.5. The average Bonchev–Trinajstić information content (AvgIpc) is 2.96. The molecular formula is C22H28N4O2. The number of likely N-dealkylation sites (tertiary alicyclic amines) is 1. The molecule has 3 N–H and O–H groups in total. The topological polar surface area (TPSA) is 82.7 Å². The van der Waals surface area contributed by atoms with E-state index in [0.29, 0.717) is 24.5 Å². The Kier molecular flexibility index (Phi) is 4.85. The lowest BCUT2D eigenvalue weighted by atomic mass is 9.72. The molecule has 28 heavy (non-hydrogen) atoms. The van der Waals surface area contributed by atoms with Crippen LogP contribution < -0.4 is 5.73 Å². The number of nitrogens with zero attached hydrogens (tertiary/aromatic N) is 3. The number of carbonyl (C=O) groups is 1. The first-order valence-electron chi connectivity index (χ1n) is 9.96. The molecule has 0 unspecified atom stereocenters. The van der Waals surface area contributed by atoms with Crippen molar-refractivity contribution in [3.63, 3.8) is 0 Å². The Labute approximate surface area is 166 Å². The first kappa shape index (κ1) is 18.9. The standard InChI is InChI=1S/C22H28N4O2/c1-3-25(2)19-16-6-4-5-7-17(16)22(20(19)27)9-12-26(13-10-22)21(28)15-8-11-24-18(23)14-15/h4-8,11,14,19-20,27H,3,9-10,12-13H2,1-2H3,(H2,23,24)/t19-,20+/m1/s1. The predicted molar refractivity (Wildman–Crippen MR) is 109 cm³/mol. The van der Waals surface area contributed by atoms with Gasteiger partial charge in [0.15, 0.2) is 0 Å². The largest absolute Gasteiger partial charge is 0.390 e. The van der Waals surface area contributed by atoms with Crippen molar-refractivity contribution in [2.45, 2.75) is 37.3 Å². The van der Waals surface area contributed by atoms with Gasteiger partial charge >= 0.3 is 0 Å². The van der Waals surface area contributed by atoms with Gasteiger partial charge in [-0.15, -0.1) is 0 Å². The maximum absolute atomic E-state index is 12.9. The maximum atomic E-state index is 12.9. The highest BCUT2D eigenvalue weighted by Gasteiger charge is 2.53. The number of nitrogen functional groups attached to an aromatic ring is 1. The number of piperidine rings is 1. The monoisotopic (exact) mass is 380 g/mol. The van der Waals surface area contributed by atoms with Gasteiger partial charge in [0.25, 0.3) is 5.91 Å². The highest BCUT2D eigenvalue weighted by molar-refractivity contribution is 5.94. The van der Waals surface area contributed by atoms with Crippen molar-refractivity contribution in [1.29, 1.82) is 0 Å². The lowest BCUT2D eigenvalue weighted by molar-refractivity contribution is -0.00592. The second-order valence-corrected chi connectivity index (χ2v) is 7.97. The van der Waals surface area contributed by atoms with E-state index < -0.39 is 6.10 Å². The quantitative estimate of drug-likeness (QED) is 0.853. The SMILES string of the molecule is CCN(C)[C@@H]1c2ccccc2C2(CCN(C(=O)c3ccnc(N)c3)CC2)[C@H]1O. The van der Waals surface area contributed by atoms with Gasteiger partial charge in [0.2, 0.25) is 0 Å². The summed E-state index contributed by atoms with van der Waals surface area (Å²) in [5.74, 6) is 0.330. The zero-order chi connectivity index (χ0) is 19.9. The molecular weight excluding hydrogens is 352 g/mol. The van der Waals surface area contributed by atoms with Crippen molar-refractivity contribution in [3.05, 3.63) is 59.3 Å². The highest BCUT2D eigenvalue weighted by atomic mass is 16.3. The molecule has 1 saturated heterocycles. The van der Waals surface area contributed by atoms with Crippen LogP contribution in [0.25, 0.3) is 0 Å². The number of aliphatic hydroxyl groups excluding tert-OH is 1. The summed E-state index contributed by atoms with van der Waals surface area (Å²) in [6.45, 7) is 4.23. The summed E-state index contributed by atoms with van der Waals surface area (Å²) < 4.78 is 0. The van der Waals surface area contributed by atoms with Crippen molar-refractivity contribution in [1.82, 2.24) is 14.8 Å². The molecule has 1 aliphatic carbocycles. The second kappa shape index (κ2) is 7.18. The fraction of sp³-hybridized carbons (Fsp3) is 0.455. The Hall–Kier alpha value is -2.44. The normalized spacial score (nSPS) is 23.2. The minimum Gasteiger partial charge on any atom is -0.390 e. The lowest BCUT2D eigenvalue weighted by Gasteiger charge is -2.43. The number of benzene rings is 1. The molecule has 1 amide bonds.